The minimum Gasteiger partial charge on any atom is -0.389 e. The Kier molecular flexibility index (Phi) is 4.49. The molecule has 124 valence electrons. The van der Waals surface area contributed by atoms with Gasteiger partial charge >= 0.3 is 0 Å². The van der Waals surface area contributed by atoms with E-state index in [9.17, 15) is 13.5 Å². The molecular formula is C13H23N5O3S. The molecule has 22 heavy (non-hydrogen) atoms. The van der Waals surface area contributed by atoms with E-state index in [4.69, 9.17) is 0 Å². The molecule has 1 aromatic rings. The summed E-state index contributed by atoms with van der Waals surface area (Å²) in [6, 6.07) is -0.370. The molecule has 0 saturated carbocycles. The van der Waals surface area contributed by atoms with Crippen LogP contribution in [0.2, 0.25) is 0 Å². The molecule has 2 aliphatic heterocycles. The van der Waals surface area contributed by atoms with Crippen LogP contribution in [0.5, 0.6) is 0 Å². The quantitative estimate of drug-likeness (QED) is 0.830. The van der Waals surface area contributed by atoms with Crippen LogP contribution in [0.4, 0.5) is 0 Å². The van der Waals surface area contributed by atoms with Gasteiger partial charge in [-0.3, -0.25) is 0 Å². The molecule has 2 fully saturated rings. The summed E-state index contributed by atoms with van der Waals surface area (Å²) >= 11 is 0. The van der Waals surface area contributed by atoms with Gasteiger partial charge in [-0.25, -0.2) is 4.68 Å². The number of aliphatic hydroxyl groups is 1. The van der Waals surface area contributed by atoms with Crippen LogP contribution in [-0.2, 0) is 10.2 Å². The molecule has 0 aromatic carbocycles. The van der Waals surface area contributed by atoms with E-state index in [0.29, 0.717) is 19.0 Å². The summed E-state index contributed by atoms with van der Waals surface area (Å²) in [6.45, 7) is 3.64. The summed E-state index contributed by atoms with van der Waals surface area (Å²) in [7, 11) is -3.51. The van der Waals surface area contributed by atoms with Gasteiger partial charge in [-0.1, -0.05) is 18.6 Å². The van der Waals surface area contributed by atoms with E-state index >= 15 is 0 Å². The van der Waals surface area contributed by atoms with Crippen molar-refractivity contribution >= 4 is 10.2 Å². The van der Waals surface area contributed by atoms with Gasteiger partial charge in [-0.15, -0.1) is 5.10 Å². The summed E-state index contributed by atoms with van der Waals surface area (Å²) < 4.78 is 29.9. The van der Waals surface area contributed by atoms with E-state index in [-0.39, 0.29) is 19.1 Å². The molecular weight excluding hydrogens is 306 g/mol. The topological polar surface area (TPSA) is 91.6 Å². The molecule has 0 spiro atoms. The lowest BCUT2D eigenvalue weighted by molar-refractivity contribution is 0.141. The smallest absolute Gasteiger partial charge is 0.282 e. The van der Waals surface area contributed by atoms with Crippen molar-refractivity contribution in [1.29, 1.82) is 0 Å². The van der Waals surface area contributed by atoms with Crippen molar-refractivity contribution in [2.75, 3.05) is 26.2 Å². The Hall–Kier alpha value is -1.03. The molecule has 0 amide bonds. The second kappa shape index (κ2) is 6.23. The first-order valence-electron chi connectivity index (χ1n) is 7.81. The number of β-amino-alcohol motifs (C(OH)–C–C–N with tert-alkyl or cyclic N) is 1. The maximum atomic E-state index is 12.7. The van der Waals surface area contributed by atoms with Gasteiger partial charge < -0.3 is 5.11 Å². The van der Waals surface area contributed by atoms with Crippen molar-refractivity contribution < 1.29 is 13.5 Å². The normalized spacial score (nSPS) is 29.2. The molecule has 1 aromatic heterocycles. The van der Waals surface area contributed by atoms with Gasteiger partial charge in [0.25, 0.3) is 10.2 Å². The van der Waals surface area contributed by atoms with Crippen molar-refractivity contribution in [1.82, 2.24) is 23.6 Å². The van der Waals surface area contributed by atoms with Gasteiger partial charge in [0.15, 0.2) is 0 Å². The van der Waals surface area contributed by atoms with E-state index in [1.807, 2.05) is 0 Å². The standard InChI is InChI=1S/C13H23N5O3S/c1-2-11-3-6-16(7-4-11)22(20,21)17-9-12(13(19)10-17)18-8-5-14-15-18/h5,8,11-13,19H,2-4,6-7,9-10H2,1H3/t12-,13-/m1/s1. The van der Waals surface area contributed by atoms with Crippen LogP contribution in [0.3, 0.4) is 0 Å². The highest BCUT2D eigenvalue weighted by Crippen LogP contribution is 2.28. The summed E-state index contributed by atoms with van der Waals surface area (Å²) in [5.41, 5.74) is 0. The first kappa shape index (κ1) is 15.9. The Morgan fingerprint density at radius 2 is 1.95 bits per heavy atom. The third kappa shape index (κ3) is 2.90. The fourth-order valence-corrected chi connectivity index (χ4v) is 4.97. The Labute approximate surface area is 130 Å². The van der Waals surface area contributed by atoms with Crippen LogP contribution in [-0.4, -0.2) is 69.4 Å². The Balaban J connectivity index is 1.69. The number of piperidine rings is 1. The molecule has 3 heterocycles. The molecule has 8 nitrogen and oxygen atoms in total. The van der Waals surface area contributed by atoms with Crippen LogP contribution in [0, 0.1) is 5.92 Å². The molecule has 0 radical (unpaired) electrons. The zero-order valence-electron chi connectivity index (χ0n) is 12.7. The fourth-order valence-electron chi connectivity index (χ4n) is 3.29. The SMILES string of the molecule is CCC1CCN(S(=O)(=O)N2C[C@@H](O)[C@H](n3ccnn3)C2)CC1. The second-order valence-corrected chi connectivity index (χ2v) is 8.02. The lowest BCUT2D eigenvalue weighted by Gasteiger charge is -2.33. The van der Waals surface area contributed by atoms with Crippen LogP contribution in [0.15, 0.2) is 12.4 Å². The average molecular weight is 329 g/mol. The van der Waals surface area contributed by atoms with Crippen LogP contribution in [0.25, 0.3) is 0 Å². The molecule has 0 aliphatic carbocycles. The Bertz CT molecular complexity index is 583. The first-order valence-corrected chi connectivity index (χ1v) is 9.21. The summed E-state index contributed by atoms with van der Waals surface area (Å²) in [5.74, 6) is 0.624. The van der Waals surface area contributed by atoms with Crippen molar-refractivity contribution in [2.45, 2.75) is 38.3 Å². The molecule has 0 bridgehead atoms. The summed E-state index contributed by atoms with van der Waals surface area (Å²) in [4.78, 5) is 0. The third-order valence-electron chi connectivity index (χ3n) is 4.81. The number of hydrogen-bond donors (Lipinski definition) is 1. The predicted molar refractivity (Wildman–Crippen MR) is 80.1 cm³/mol. The summed E-state index contributed by atoms with van der Waals surface area (Å²) in [5, 5.41) is 17.7. The largest absolute Gasteiger partial charge is 0.389 e. The maximum Gasteiger partial charge on any atom is 0.282 e. The lowest BCUT2D eigenvalue weighted by atomic mass is 9.96. The van der Waals surface area contributed by atoms with Gasteiger partial charge in [0, 0.05) is 32.4 Å². The number of rotatable bonds is 4. The van der Waals surface area contributed by atoms with Gasteiger partial charge in [0.2, 0.25) is 0 Å². The highest BCUT2D eigenvalue weighted by molar-refractivity contribution is 7.86. The zero-order valence-corrected chi connectivity index (χ0v) is 13.6. The highest BCUT2D eigenvalue weighted by Gasteiger charge is 2.42. The van der Waals surface area contributed by atoms with Crippen molar-refractivity contribution in [3.8, 4) is 0 Å². The number of aliphatic hydroxyl groups excluding tert-OH is 1. The number of aromatic nitrogens is 3. The van der Waals surface area contributed by atoms with E-state index in [0.717, 1.165) is 19.3 Å². The monoisotopic (exact) mass is 329 g/mol. The fraction of sp³-hybridized carbons (Fsp3) is 0.846. The Morgan fingerprint density at radius 1 is 1.23 bits per heavy atom. The molecule has 2 atom stereocenters. The van der Waals surface area contributed by atoms with E-state index in [1.54, 1.807) is 10.5 Å². The van der Waals surface area contributed by atoms with Gasteiger partial charge in [-0.2, -0.15) is 17.0 Å². The predicted octanol–water partition coefficient (Wildman–Crippen LogP) is -0.138. The van der Waals surface area contributed by atoms with Gasteiger partial charge in [-0.05, 0) is 18.8 Å². The van der Waals surface area contributed by atoms with Crippen molar-refractivity contribution in [3.05, 3.63) is 12.4 Å². The van der Waals surface area contributed by atoms with Crippen LogP contribution < -0.4 is 0 Å². The molecule has 1 N–H and O–H groups in total. The van der Waals surface area contributed by atoms with Gasteiger partial charge in [0.05, 0.1) is 18.3 Å². The highest BCUT2D eigenvalue weighted by atomic mass is 32.2. The third-order valence-corrected chi connectivity index (χ3v) is 6.78. The second-order valence-electron chi connectivity index (χ2n) is 6.09. The molecule has 0 unspecified atom stereocenters. The van der Waals surface area contributed by atoms with E-state index in [2.05, 4.69) is 17.2 Å². The lowest BCUT2D eigenvalue weighted by Crippen LogP contribution is -2.46. The molecule has 3 rings (SSSR count). The minimum atomic E-state index is -3.51. The van der Waals surface area contributed by atoms with E-state index < -0.39 is 16.3 Å². The van der Waals surface area contributed by atoms with E-state index in [1.165, 1.54) is 15.2 Å². The summed E-state index contributed by atoms with van der Waals surface area (Å²) in [6.07, 6.45) is 5.35. The van der Waals surface area contributed by atoms with Gasteiger partial charge in [0.1, 0.15) is 0 Å². The van der Waals surface area contributed by atoms with Crippen molar-refractivity contribution in [2.24, 2.45) is 5.92 Å². The van der Waals surface area contributed by atoms with Crippen LogP contribution >= 0.6 is 0 Å². The van der Waals surface area contributed by atoms with Crippen molar-refractivity contribution in [3.63, 3.8) is 0 Å². The average Bonchev–Trinajstić information content (AvgIpc) is 3.16. The van der Waals surface area contributed by atoms with Crippen LogP contribution in [0.1, 0.15) is 32.2 Å². The Morgan fingerprint density at radius 3 is 2.55 bits per heavy atom. The maximum absolute atomic E-state index is 12.7. The number of nitrogens with zero attached hydrogens (tertiary/aromatic N) is 5. The minimum absolute atomic E-state index is 0.112. The molecule has 9 heteroatoms. The molecule has 2 saturated heterocycles. The zero-order chi connectivity index (χ0) is 15.7. The first-order chi connectivity index (χ1) is 10.5. The molecule has 2 aliphatic rings. The number of hydrogen-bond acceptors (Lipinski definition) is 5.